The first-order valence-corrected chi connectivity index (χ1v) is 7.13. The average molecular weight is 299 g/mol. The zero-order valence-electron chi connectivity index (χ0n) is 11.7. The van der Waals surface area contributed by atoms with Crippen LogP contribution in [0.3, 0.4) is 0 Å². The second-order valence-electron chi connectivity index (χ2n) is 5.32. The molecule has 1 N–H and O–H groups in total. The minimum Gasteiger partial charge on any atom is -0.497 e. The maximum absolute atomic E-state index is 9.67. The van der Waals surface area contributed by atoms with Crippen molar-refractivity contribution in [2.45, 2.75) is 18.4 Å². The first kappa shape index (κ1) is 13.8. The third-order valence-electron chi connectivity index (χ3n) is 3.82. The van der Waals surface area contributed by atoms with Gasteiger partial charge in [0.1, 0.15) is 11.3 Å². The van der Waals surface area contributed by atoms with Gasteiger partial charge in [0.25, 0.3) is 0 Å². The molecule has 3 rings (SSSR count). The van der Waals surface area contributed by atoms with Crippen LogP contribution in [0.2, 0.25) is 5.02 Å². The van der Waals surface area contributed by atoms with Crippen LogP contribution in [0.15, 0.2) is 42.5 Å². The summed E-state index contributed by atoms with van der Waals surface area (Å²) in [5, 5.41) is 13.7. The predicted molar refractivity (Wildman–Crippen MR) is 83.8 cm³/mol. The van der Waals surface area contributed by atoms with Crippen LogP contribution >= 0.6 is 11.6 Å². The lowest BCUT2D eigenvalue weighted by atomic mass is 9.97. The van der Waals surface area contributed by atoms with E-state index in [1.807, 2.05) is 42.5 Å². The Balaban J connectivity index is 1.88. The molecule has 2 aromatic rings. The molecule has 1 aliphatic carbocycles. The number of ether oxygens (including phenoxy) is 1. The van der Waals surface area contributed by atoms with Gasteiger partial charge in [0, 0.05) is 29.6 Å². The van der Waals surface area contributed by atoms with Crippen molar-refractivity contribution in [3.05, 3.63) is 58.6 Å². The molecule has 0 amide bonds. The molecule has 0 saturated carbocycles. The molecule has 0 heterocycles. The molecule has 0 radical (unpaired) electrons. The summed E-state index contributed by atoms with van der Waals surface area (Å²) in [4.78, 5) is 0. The molecule has 21 heavy (non-hydrogen) atoms. The minimum atomic E-state index is -0.626. The Labute approximate surface area is 129 Å². The Hall–Kier alpha value is -2.18. The average Bonchev–Trinajstić information content (AvgIpc) is 2.85. The van der Waals surface area contributed by atoms with Gasteiger partial charge < -0.3 is 10.1 Å². The highest BCUT2D eigenvalue weighted by molar-refractivity contribution is 6.30. The van der Waals surface area contributed by atoms with Gasteiger partial charge in [-0.3, -0.25) is 0 Å². The van der Waals surface area contributed by atoms with Crippen molar-refractivity contribution in [1.29, 1.82) is 5.26 Å². The number of benzene rings is 2. The summed E-state index contributed by atoms with van der Waals surface area (Å²) in [6, 6.07) is 15.9. The Morgan fingerprint density at radius 2 is 2.00 bits per heavy atom. The van der Waals surface area contributed by atoms with E-state index in [0.717, 1.165) is 17.0 Å². The molecule has 0 fully saturated rings. The molecular formula is C17H15ClN2O. The Morgan fingerprint density at radius 1 is 1.19 bits per heavy atom. The summed E-state index contributed by atoms with van der Waals surface area (Å²) in [6.07, 6.45) is 1.32. The number of hydrogen-bond acceptors (Lipinski definition) is 3. The lowest BCUT2D eigenvalue weighted by Gasteiger charge is -2.23. The van der Waals surface area contributed by atoms with Crippen LogP contribution in [-0.4, -0.2) is 12.6 Å². The molecule has 0 bridgehead atoms. The molecule has 0 saturated heterocycles. The van der Waals surface area contributed by atoms with E-state index >= 15 is 0 Å². The Kier molecular flexibility index (Phi) is 3.48. The molecule has 3 nitrogen and oxygen atoms in total. The summed E-state index contributed by atoms with van der Waals surface area (Å²) in [7, 11) is 1.63. The number of anilines is 1. The Morgan fingerprint density at radius 3 is 2.76 bits per heavy atom. The third kappa shape index (κ3) is 2.68. The molecule has 1 unspecified atom stereocenters. The van der Waals surface area contributed by atoms with E-state index < -0.39 is 5.54 Å². The molecule has 1 atom stereocenters. The second kappa shape index (κ2) is 5.31. The smallest absolute Gasteiger partial charge is 0.133 e. The van der Waals surface area contributed by atoms with Crippen molar-refractivity contribution in [3.8, 4) is 11.8 Å². The quantitative estimate of drug-likeness (QED) is 0.937. The molecule has 4 heteroatoms. The monoisotopic (exact) mass is 298 g/mol. The fourth-order valence-corrected chi connectivity index (χ4v) is 3.01. The van der Waals surface area contributed by atoms with Crippen LogP contribution < -0.4 is 10.1 Å². The lowest BCUT2D eigenvalue weighted by molar-refractivity contribution is 0.415. The van der Waals surface area contributed by atoms with Crippen LogP contribution in [0.1, 0.15) is 11.1 Å². The zero-order chi connectivity index (χ0) is 14.9. The Bertz CT molecular complexity index is 723. The minimum absolute atomic E-state index is 0.626. The fourth-order valence-electron chi connectivity index (χ4n) is 2.82. The molecular weight excluding hydrogens is 284 g/mol. The van der Waals surface area contributed by atoms with Crippen molar-refractivity contribution < 1.29 is 4.74 Å². The van der Waals surface area contributed by atoms with E-state index in [1.54, 1.807) is 7.11 Å². The molecule has 106 valence electrons. The number of rotatable bonds is 3. The summed E-state index contributed by atoms with van der Waals surface area (Å²) < 4.78 is 5.22. The highest BCUT2D eigenvalue weighted by Crippen LogP contribution is 2.34. The predicted octanol–water partition coefficient (Wildman–Crippen LogP) is 3.82. The number of methoxy groups -OCH3 is 1. The van der Waals surface area contributed by atoms with Crippen molar-refractivity contribution >= 4 is 17.3 Å². The van der Waals surface area contributed by atoms with E-state index in [4.69, 9.17) is 16.3 Å². The van der Waals surface area contributed by atoms with Gasteiger partial charge in [-0.15, -0.1) is 0 Å². The van der Waals surface area contributed by atoms with E-state index in [1.165, 1.54) is 5.56 Å². The third-order valence-corrected chi connectivity index (χ3v) is 4.06. The number of nitrogens with one attached hydrogen (secondary N) is 1. The molecule has 1 aliphatic rings. The van der Waals surface area contributed by atoms with Gasteiger partial charge in [-0.25, -0.2) is 0 Å². The van der Waals surface area contributed by atoms with Gasteiger partial charge in [0.15, 0.2) is 0 Å². The van der Waals surface area contributed by atoms with Gasteiger partial charge in [-0.05, 0) is 35.4 Å². The standard InChI is InChI=1S/C17H15ClN2O/c1-21-16-4-2-3-15(8-16)20-17(11-19)9-12-5-6-14(18)7-13(12)10-17/h2-8,20H,9-10H2,1H3. The maximum Gasteiger partial charge on any atom is 0.133 e. The number of nitriles is 1. The first-order valence-electron chi connectivity index (χ1n) is 6.75. The van der Waals surface area contributed by atoms with E-state index in [9.17, 15) is 5.26 Å². The van der Waals surface area contributed by atoms with Gasteiger partial charge in [0.05, 0.1) is 13.2 Å². The van der Waals surface area contributed by atoms with Crippen LogP contribution in [0.4, 0.5) is 5.69 Å². The van der Waals surface area contributed by atoms with Gasteiger partial charge >= 0.3 is 0 Å². The van der Waals surface area contributed by atoms with Gasteiger partial charge in [0.2, 0.25) is 0 Å². The number of hydrogen-bond donors (Lipinski definition) is 1. The van der Waals surface area contributed by atoms with Crippen molar-refractivity contribution in [1.82, 2.24) is 0 Å². The fraction of sp³-hybridized carbons (Fsp3) is 0.235. The van der Waals surface area contributed by atoms with E-state index in [2.05, 4.69) is 11.4 Å². The van der Waals surface area contributed by atoms with Crippen molar-refractivity contribution in [2.75, 3.05) is 12.4 Å². The highest BCUT2D eigenvalue weighted by atomic mass is 35.5. The number of nitrogens with zero attached hydrogens (tertiary/aromatic N) is 1. The normalized spacial score (nSPS) is 19.7. The van der Waals surface area contributed by atoms with Gasteiger partial charge in [-0.2, -0.15) is 5.26 Å². The van der Waals surface area contributed by atoms with E-state index in [0.29, 0.717) is 17.9 Å². The first-order chi connectivity index (χ1) is 10.1. The largest absolute Gasteiger partial charge is 0.497 e. The number of halogens is 1. The van der Waals surface area contributed by atoms with Crippen LogP contribution in [0, 0.1) is 11.3 Å². The molecule has 0 aliphatic heterocycles. The zero-order valence-corrected chi connectivity index (χ0v) is 12.4. The SMILES string of the molecule is COc1cccc(NC2(C#N)Cc3ccc(Cl)cc3C2)c1. The number of fused-ring (bicyclic) bond motifs is 1. The molecule has 0 aromatic heterocycles. The maximum atomic E-state index is 9.67. The van der Waals surface area contributed by atoms with Crippen molar-refractivity contribution in [2.24, 2.45) is 0 Å². The topological polar surface area (TPSA) is 45.0 Å². The summed E-state index contributed by atoms with van der Waals surface area (Å²) in [5.74, 6) is 0.770. The summed E-state index contributed by atoms with van der Waals surface area (Å²) >= 11 is 6.04. The van der Waals surface area contributed by atoms with Crippen LogP contribution in [-0.2, 0) is 12.8 Å². The second-order valence-corrected chi connectivity index (χ2v) is 5.75. The summed E-state index contributed by atoms with van der Waals surface area (Å²) in [5.41, 5.74) is 2.57. The lowest BCUT2D eigenvalue weighted by Crippen LogP contribution is -2.37. The van der Waals surface area contributed by atoms with Crippen molar-refractivity contribution in [3.63, 3.8) is 0 Å². The molecule has 2 aromatic carbocycles. The van der Waals surface area contributed by atoms with Gasteiger partial charge in [-0.1, -0.05) is 23.7 Å². The van der Waals surface area contributed by atoms with Crippen LogP contribution in [0.25, 0.3) is 0 Å². The van der Waals surface area contributed by atoms with E-state index in [-0.39, 0.29) is 0 Å². The highest BCUT2D eigenvalue weighted by Gasteiger charge is 2.37. The molecule has 0 spiro atoms. The van der Waals surface area contributed by atoms with Crippen LogP contribution in [0.5, 0.6) is 5.75 Å². The summed E-state index contributed by atoms with van der Waals surface area (Å²) in [6.45, 7) is 0.